The Morgan fingerprint density at radius 3 is 2.54 bits per heavy atom. The van der Waals surface area contributed by atoms with E-state index >= 15 is 0 Å². The highest BCUT2D eigenvalue weighted by Gasteiger charge is 2.48. The number of hydrogen-bond donors (Lipinski definition) is 3. The van der Waals surface area contributed by atoms with Gasteiger partial charge < -0.3 is 15.6 Å². The lowest BCUT2D eigenvalue weighted by atomic mass is 9.88. The van der Waals surface area contributed by atoms with Crippen LogP contribution in [0.2, 0.25) is 0 Å². The molecule has 2 saturated carbocycles. The Morgan fingerprint density at radius 1 is 1.14 bits per heavy atom. The van der Waals surface area contributed by atoms with Crippen LogP contribution < -0.4 is 16.2 Å². The molecule has 1 atom stereocenters. The summed E-state index contributed by atoms with van der Waals surface area (Å²) < 4.78 is 3.21. The highest BCUT2D eigenvalue weighted by Crippen LogP contribution is 2.50. The third-order valence-corrected chi connectivity index (χ3v) is 6.67. The zero-order valence-electron chi connectivity index (χ0n) is 19.8. The summed E-state index contributed by atoms with van der Waals surface area (Å²) in [7, 11) is 0. The Labute approximate surface area is 202 Å². The summed E-state index contributed by atoms with van der Waals surface area (Å²) in [4.78, 5) is 45.3. The zero-order valence-corrected chi connectivity index (χ0v) is 19.8. The van der Waals surface area contributed by atoms with Gasteiger partial charge in [0, 0.05) is 30.8 Å². The van der Waals surface area contributed by atoms with Gasteiger partial charge in [0.1, 0.15) is 17.4 Å². The predicted octanol–water partition coefficient (Wildman–Crippen LogP) is 1.97. The van der Waals surface area contributed by atoms with Crippen LogP contribution in [-0.2, 0) is 11.3 Å². The van der Waals surface area contributed by atoms with Crippen molar-refractivity contribution in [3.63, 3.8) is 0 Å². The number of amides is 2. The Morgan fingerprint density at radius 2 is 1.89 bits per heavy atom. The second kappa shape index (κ2) is 9.47. The van der Waals surface area contributed by atoms with Crippen LogP contribution in [0.15, 0.2) is 41.8 Å². The molecule has 3 aromatic rings. The van der Waals surface area contributed by atoms with Crippen molar-refractivity contribution >= 4 is 17.5 Å². The van der Waals surface area contributed by atoms with E-state index in [1.165, 1.54) is 18.6 Å². The van der Waals surface area contributed by atoms with Crippen molar-refractivity contribution < 1.29 is 9.59 Å². The average molecular weight is 479 g/mol. The molecule has 0 radical (unpaired) electrons. The Bertz CT molecular complexity index is 1260. The van der Waals surface area contributed by atoms with Crippen LogP contribution in [0.5, 0.6) is 0 Å². The van der Waals surface area contributed by atoms with Crippen molar-refractivity contribution in [1.82, 2.24) is 34.8 Å². The van der Waals surface area contributed by atoms with Crippen LogP contribution in [-0.4, -0.2) is 47.4 Å². The topological polar surface area (TPSA) is 140 Å². The van der Waals surface area contributed by atoms with Gasteiger partial charge in [-0.05, 0) is 63.4 Å². The fourth-order valence-electron chi connectivity index (χ4n) is 4.73. The number of carbonyl (C=O) groups is 2. The van der Waals surface area contributed by atoms with Gasteiger partial charge in [0.05, 0.1) is 18.4 Å². The molecule has 0 spiro atoms. The summed E-state index contributed by atoms with van der Waals surface area (Å²) in [5.41, 5.74) is 0.979. The molecule has 2 aliphatic carbocycles. The van der Waals surface area contributed by atoms with Crippen LogP contribution in [0.1, 0.15) is 61.8 Å². The first-order valence-corrected chi connectivity index (χ1v) is 12.1. The van der Waals surface area contributed by atoms with Crippen LogP contribution in [0, 0.1) is 17.8 Å². The van der Waals surface area contributed by atoms with E-state index in [9.17, 15) is 14.4 Å². The summed E-state index contributed by atoms with van der Waals surface area (Å²) in [6.07, 6.45) is 12.1. The molecule has 11 heteroatoms. The van der Waals surface area contributed by atoms with E-state index in [0.29, 0.717) is 28.9 Å². The number of aromatic amines is 1. The Hall–Kier alpha value is -3.76. The zero-order chi connectivity index (χ0) is 24.5. The molecule has 1 unspecified atom stereocenters. The van der Waals surface area contributed by atoms with Gasteiger partial charge in [-0.3, -0.25) is 28.7 Å². The first kappa shape index (κ1) is 23.0. The summed E-state index contributed by atoms with van der Waals surface area (Å²) in [5.74, 6) is 0.455. The summed E-state index contributed by atoms with van der Waals surface area (Å²) in [5, 5.41) is 14.5. The maximum absolute atomic E-state index is 13.5. The second-order valence-corrected chi connectivity index (χ2v) is 9.74. The molecule has 3 N–H and O–H groups in total. The van der Waals surface area contributed by atoms with E-state index in [-0.39, 0.29) is 35.9 Å². The highest BCUT2D eigenvalue weighted by molar-refractivity contribution is 6.00. The monoisotopic (exact) mass is 478 g/mol. The van der Waals surface area contributed by atoms with Crippen molar-refractivity contribution in [2.24, 2.45) is 17.8 Å². The number of rotatable bonds is 10. The van der Waals surface area contributed by atoms with Gasteiger partial charge in [-0.2, -0.15) is 10.2 Å². The van der Waals surface area contributed by atoms with Crippen LogP contribution in [0.4, 0.5) is 5.69 Å². The number of hydrogen-bond acceptors (Lipinski definition) is 6. The van der Waals surface area contributed by atoms with E-state index in [0.717, 1.165) is 25.7 Å². The van der Waals surface area contributed by atoms with Crippen LogP contribution >= 0.6 is 0 Å². The Kier molecular flexibility index (Phi) is 6.23. The molecule has 5 rings (SSSR count). The quantitative estimate of drug-likeness (QED) is 0.407. The van der Waals surface area contributed by atoms with Crippen molar-refractivity contribution in [2.45, 2.75) is 58.2 Å². The second-order valence-electron chi connectivity index (χ2n) is 9.74. The molecular formula is C24H30N8O3. The number of anilines is 1. The van der Waals surface area contributed by atoms with Gasteiger partial charge in [0.25, 0.3) is 11.5 Å². The van der Waals surface area contributed by atoms with Gasteiger partial charge in [-0.15, -0.1) is 0 Å². The molecule has 2 aliphatic rings. The van der Waals surface area contributed by atoms with Crippen LogP contribution in [0.3, 0.4) is 0 Å². The molecule has 0 aromatic carbocycles. The van der Waals surface area contributed by atoms with E-state index in [1.807, 2.05) is 13.8 Å². The summed E-state index contributed by atoms with van der Waals surface area (Å²) in [6, 6.07) is 1.05. The Balaban J connectivity index is 1.33. The number of aromatic nitrogens is 6. The highest BCUT2D eigenvalue weighted by atomic mass is 16.2. The minimum Gasteiger partial charge on any atom is -0.339 e. The molecule has 11 nitrogen and oxygen atoms in total. The third kappa shape index (κ3) is 5.18. The normalized spacial score (nSPS) is 16.5. The molecule has 184 valence electrons. The molecule has 0 aliphatic heterocycles. The molecule has 3 aromatic heterocycles. The van der Waals surface area contributed by atoms with Crippen molar-refractivity contribution in [3.8, 4) is 0 Å². The summed E-state index contributed by atoms with van der Waals surface area (Å²) in [6.45, 7) is 4.10. The molecular weight excluding hydrogens is 448 g/mol. The first-order chi connectivity index (χ1) is 16.9. The minimum absolute atomic E-state index is 0.0258. The maximum atomic E-state index is 13.5. The largest absolute Gasteiger partial charge is 0.339 e. The molecule has 0 bridgehead atoms. The van der Waals surface area contributed by atoms with Gasteiger partial charge in [-0.25, -0.2) is 0 Å². The summed E-state index contributed by atoms with van der Waals surface area (Å²) >= 11 is 0. The van der Waals surface area contributed by atoms with Crippen molar-refractivity contribution in [3.05, 3.63) is 58.8 Å². The van der Waals surface area contributed by atoms with Gasteiger partial charge >= 0.3 is 0 Å². The average Bonchev–Trinajstić information content (AvgIpc) is 3.75. The lowest BCUT2D eigenvalue weighted by Gasteiger charge is -2.27. The molecule has 3 heterocycles. The van der Waals surface area contributed by atoms with Gasteiger partial charge in [-0.1, -0.05) is 0 Å². The SMILES string of the molecule is CC(C)n1nccc1C(=O)NC(C(=O)Nc1cnn(Cc2ncc[nH]c2=O)c1)C(C1CC1)C1CC1. The molecule has 0 saturated heterocycles. The van der Waals surface area contributed by atoms with E-state index < -0.39 is 6.04 Å². The van der Waals surface area contributed by atoms with E-state index in [2.05, 4.69) is 30.8 Å². The maximum Gasteiger partial charge on any atom is 0.271 e. The van der Waals surface area contributed by atoms with Crippen molar-refractivity contribution in [1.29, 1.82) is 0 Å². The number of nitrogens with zero attached hydrogens (tertiary/aromatic N) is 5. The molecule has 35 heavy (non-hydrogen) atoms. The lowest BCUT2D eigenvalue weighted by Crippen LogP contribution is -2.50. The van der Waals surface area contributed by atoms with E-state index in [4.69, 9.17) is 0 Å². The van der Waals surface area contributed by atoms with E-state index in [1.54, 1.807) is 27.8 Å². The number of nitrogens with one attached hydrogen (secondary N) is 3. The standard InChI is InChI=1S/C24H30N8O3/c1-14(2)32-19(7-8-27-32)23(34)30-21(20(15-3-4-15)16-5-6-16)24(35)29-17-11-28-31(12-17)13-18-22(33)26-10-9-25-18/h7-12,14-16,20-21H,3-6,13H2,1-2H3,(H,26,33)(H,29,35)(H,30,34). The minimum atomic E-state index is -0.653. The fourth-order valence-corrected chi connectivity index (χ4v) is 4.73. The molecule has 2 fully saturated rings. The lowest BCUT2D eigenvalue weighted by molar-refractivity contribution is -0.119. The molecule has 2 amide bonds. The smallest absolute Gasteiger partial charge is 0.271 e. The first-order valence-electron chi connectivity index (χ1n) is 12.1. The van der Waals surface area contributed by atoms with Crippen LogP contribution in [0.25, 0.3) is 0 Å². The predicted molar refractivity (Wildman–Crippen MR) is 128 cm³/mol. The third-order valence-electron chi connectivity index (χ3n) is 6.67. The van der Waals surface area contributed by atoms with Gasteiger partial charge in [0.2, 0.25) is 5.91 Å². The number of H-pyrrole nitrogens is 1. The number of carbonyl (C=O) groups excluding carboxylic acids is 2. The fraction of sp³-hybridized carbons (Fsp3) is 0.500. The van der Waals surface area contributed by atoms with Crippen molar-refractivity contribution in [2.75, 3.05) is 5.32 Å². The van der Waals surface area contributed by atoms with Gasteiger partial charge in [0.15, 0.2) is 0 Å².